The summed E-state index contributed by atoms with van der Waals surface area (Å²) in [5.74, 6) is 6.27. The van der Waals surface area contributed by atoms with Gasteiger partial charge in [-0.25, -0.2) is 10.8 Å². The van der Waals surface area contributed by atoms with Gasteiger partial charge in [0, 0.05) is 0 Å². The number of nitrogens with one attached hydrogen (secondary N) is 2. The molecule has 0 fully saturated rings. The first-order valence-corrected chi connectivity index (χ1v) is 5.05. The highest BCUT2D eigenvalue weighted by Crippen LogP contribution is 2.24. The van der Waals surface area contributed by atoms with Crippen molar-refractivity contribution in [1.29, 1.82) is 0 Å². The van der Waals surface area contributed by atoms with Crippen LogP contribution in [0.4, 0.5) is 11.6 Å². The number of anilines is 2. The van der Waals surface area contributed by atoms with Crippen LogP contribution < -0.4 is 16.6 Å². The number of nitrogen functional groups attached to an aromatic ring is 1. The molecule has 6 heteroatoms. The number of aromatic nitrogens is 2. The highest BCUT2D eigenvalue weighted by molar-refractivity contribution is 5.43. The predicted octanol–water partition coefficient (Wildman–Crippen LogP) is 0.724. The van der Waals surface area contributed by atoms with E-state index in [0.717, 1.165) is 0 Å². The van der Waals surface area contributed by atoms with Crippen molar-refractivity contribution in [3.05, 3.63) is 12.4 Å². The average molecular weight is 225 g/mol. The highest BCUT2D eigenvalue weighted by Gasteiger charge is 2.35. The van der Waals surface area contributed by atoms with E-state index < -0.39 is 11.1 Å². The summed E-state index contributed by atoms with van der Waals surface area (Å²) >= 11 is 0. The molecule has 0 aliphatic heterocycles. The van der Waals surface area contributed by atoms with Crippen molar-refractivity contribution in [3.63, 3.8) is 0 Å². The molecule has 1 rings (SSSR count). The molecule has 1 aromatic rings. The van der Waals surface area contributed by atoms with Crippen LogP contribution >= 0.6 is 0 Å². The Balaban J connectivity index is 2.88. The van der Waals surface area contributed by atoms with Gasteiger partial charge in [0.25, 0.3) is 0 Å². The maximum atomic E-state index is 9.98. The number of hydrazine groups is 1. The van der Waals surface area contributed by atoms with Crippen molar-refractivity contribution < 1.29 is 5.11 Å². The van der Waals surface area contributed by atoms with Crippen LogP contribution in [0.5, 0.6) is 0 Å². The summed E-state index contributed by atoms with van der Waals surface area (Å²) in [6.07, 6.45) is 3.09. The molecule has 1 aromatic heterocycles. The first kappa shape index (κ1) is 12.7. The molecular weight excluding hydrogens is 206 g/mol. The van der Waals surface area contributed by atoms with Gasteiger partial charge >= 0.3 is 0 Å². The molecule has 6 nitrogen and oxygen atoms in total. The summed E-state index contributed by atoms with van der Waals surface area (Å²) in [5.41, 5.74) is 0.995. The Morgan fingerprint density at radius 2 is 1.75 bits per heavy atom. The number of rotatable bonds is 4. The molecule has 0 unspecified atom stereocenters. The molecule has 0 amide bonds. The molecule has 16 heavy (non-hydrogen) atoms. The first-order valence-electron chi connectivity index (χ1n) is 5.05. The second-order valence-corrected chi connectivity index (χ2v) is 4.74. The van der Waals surface area contributed by atoms with E-state index in [1.54, 1.807) is 20.0 Å². The number of hydrogen-bond donors (Lipinski definition) is 4. The van der Waals surface area contributed by atoms with E-state index >= 15 is 0 Å². The fourth-order valence-electron chi connectivity index (χ4n) is 0.969. The third-order valence-corrected chi connectivity index (χ3v) is 2.75. The maximum absolute atomic E-state index is 9.98. The van der Waals surface area contributed by atoms with Crippen LogP contribution in [0.25, 0.3) is 0 Å². The third kappa shape index (κ3) is 2.80. The lowest BCUT2D eigenvalue weighted by Gasteiger charge is -2.38. The van der Waals surface area contributed by atoms with E-state index in [4.69, 9.17) is 5.84 Å². The predicted molar refractivity (Wildman–Crippen MR) is 63.8 cm³/mol. The normalized spacial score (nSPS) is 12.4. The zero-order chi connectivity index (χ0) is 12.4. The van der Waals surface area contributed by atoms with Gasteiger partial charge in [0.05, 0.1) is 23.5 Å². The lowest BCUT2D eigenvalue weighted by atomic mass is 9.86. The van der Waals surface area contributed by atoms with E-state index in [1.807, 2.05) is 13.8 Å². The van der Waals surface area contributed by atoms with E-state index in [1.165, 1.54) is 6.20 Å². The van der Waals surface area contributed by atoms with Crippen LogP contribution in [0.2, 0.25) is 0 Å². The van der Waals surface area contributed by atoms with Gasteiger partial charge in [-0.05, 0) is 27.7 Å². The van der Waals surface area contributed by atoms with Crippen LogP contribution in [-0.2, 0) is 0 Å². The molecule has 0 spiro atoms. The summed E-state index contributed by atoms with van der Waals surface area (Å²) in [6.45, 7) is 7.24. The minimum Gasteiger partial charge on any atom is -0.388 e. The van der Waals surface area contributed by atoms with Crippen LogP contribution in [0.1, 0.15) is 27.7 Å². The fourth-order valence-corrected chi connectivity index (χ4v) is 0.969. The van der Waals surface area contributed by atoms with Crippen LogP contribution in [0, 0.1) is 0 Å². The van der Waals surface area contributed by atoms with Gasteiger partial charge in [-0.1, -0.05) is 0 Å². The Kier molecular flexibility index (Phi) is 3.35. The number of nitrogens with zero attached hydrogens (tertiary/aromatic N) is 2. The number of aliphatic hydroxyl groups is 1. The van der Waals surface area contributed by atoms with Crippen molar-refractivity contribution in [2.45, 2.75) is 38.8 Å². The Morgan fingerprint density at radius 3 is 2.25 bits per heavy atom. The smallest absolute Gasteiger partial charge is 0.160 e. The van der Waals surface area contributed by atoms with Gasteiger partial charge in [-0.3, -0.25) is 4.98 Å². The SMILES string of the molecule is CC(C)(O)C(C)(C)Nc1cncc(NN)n1. The van der Waals surface area contributed by atoms with Gasteiger partial charge in [0.2, 0.25) is 0 Å². The molecule has 0 radical (unpaired) electrons. The van der Waals surface area contributed by atoms with E-state index in [2.05, 4.69) is 20.7 Å². The van der Waals surface area contributed by atoms with Gasteiger partial charge < -0.3 is 15.8 Å². The minimum atomic E-state index is -0.888. The topological polar surface area (TPSA) is 96.1 Å². The second kappa shape index (κ2) is 4.23. The van der Waals surface area contributed by atoms with Crippen molar-refractivity contribution in [2.75, 3.05) is 10.7 Å². The summed E-state index contributed by atoms with van der Waals surface area (Å²) < 4.78 is 0. The molecule has 5 N–H and O–H groups in total. The van der Waals surface area contributed by atoms with Crippen LogP contribution in [0.3, 0.4) is 0 Å². The Morgan fingerprint density at radius 1 is 1.19 bits per heavy atom. The molecule has 1 heterocycles. The van der Waals surface area contributed by atoms with Crippen molar-refractivity contribution in [3.8, 4) is 0 Å². The lowest BCUT2D eigenvalue weighted by molar-refractivity contribution is 0.0238. The quantitative estimate of drug-likeness (QED) is 0.445. The van der Waals surface area contributed by atoms with Crippen LogP contribution in [-0.4, -0.2) is 26.2 Å². The summed E-state index contributed by atoms with van der Waals surface area (Å²) in [7, 11) is 0. The van der Waals surface area contributed by atoms with Crippen molar-refractivity contribution in [1.82, 2.24) is 9.97 Å². The molecule has 0 aromatic carbocycles. The highest BCUT2D eigenvalue weighted by atomic mass is 16.3. The largest absolute Gasteiger partial charge is 0.388 e. The Bertz CT molecular complexity index is 358. The molecule has 0 atom stereocenters. The molecular formula is C10H19N5O. The van der Waals surface area contributed by atoms with Gasteiger partial charge in [0.15, 0.2) is 5.82 Å². The Hall–Kier alpha value is -1.40. The average Bonchev–Trinajstić information content (AvgIpc) is 2.15. The van der Waals surface area contributed by atoms with Gasteiger partial charge in [0.1, 0.15) is 5.82 Å². The fraction of sp³-hybridized carbons (Fsp3) is 0.600. The van der Waals surface area contributed by atoms with Gasteiger partial charge in [-0.15, -0.1) is 0 Å². The summed E-state index contributed by atoms with van der Waals surface area (Å²) in [4.78, 5) is 8.14. The summed E-state index contributed by atoms with van der Waals surface area (Å²) in [5, 5.41) is 13.1. The zero-order valence-corrected chi connectivity index (χ0v) is 10.1. The molecule has 0 aliphatic carbocycles. The lowest BCUT2D eigenvalue weighted by Crippen LogP contribution is -2.51. The first-order chi connectivity index (χ1) is 7.26. The molecule has 90 valence electrons. The van der Waals surface area contributed by atoms with E-state index in [9.17, 15) is 5.11 Å². The number of hydrogen-bond acceptors (Lipinski definition) is 6. The zero-order valence-electron chi connectivity index (χ0n) is 10.1. The van der Waals surface area contributed by atoms with Crippen LogP contribution in [0.15, 0.2) is 12.4 Å². The monoisotopic (exact) mass is 225 g/mol. The molecule has 0 bridgehead atoms. The minimum absolute atomic E-state index is 0.469. The van der Waals surface area contributed by atoms with E-state index in [-0.39, 0.29) is 0 Å². The Labute approximate surface area is 95.3 Å². The molecule has 0 aliphatic rings. The standard InChI is InChI=1S/C10H19N5O/c1-9(2,10(3,4)16)14-7-5-12-6-8(13-7)15-11/h5-6,16H,11H2,1-4H3,(H2,13,14,15). The maximum Gasteiger partial charge on any atom is 0.160 e. The van der Waals surface area contributed by atoms with E-state index in [0.29, 0.717) is 11.6 Å². The third-order valence-electron chi connectivity index (χ3n) is 2.75. The van der Waals surface area contributed by atoms with Crippen molar-refractivity contribution in [2.24, 2.45) is 5.84 Å². The van der Waals surface area contributed by atoms with Crippen molar-refractivity contribution >= 4 is 11.6 Å². The van der Waals surface area contributed by atoms with Gasteiger partial charge in [-0.2, -0.15) is 0 Å². The number of nitrogens with two attached hydrogens (primary N) is 1. The second-order valence-electron chi connectivity index (χ2n) is 4.74. The molecule has 0 saturated heterocycles. The summed E-state index contributed by atoms with van der Waals surface area (Å²) in [6, 6.07) is 0. The molecule has 0 saturated carbocycles.